The van der Waals surface area contributed by atoms with Gasteiger partial charge in [0.15, 0.2) is 5.96 Å². The van der Waals surface area contributed by atoms with E-state index in [0.29, 0.717) is 0 Å². The Morgan fingerprint density at radius 1 is 1.57 bits per heavy atom. The number of nitrogens with zero attached hydrogens (tertiary/aromatic N) is 3. The number of halogens is 1. The lowest BCUT2D eigenvalue weighted by Crippen LogP contribution is -2.43. The monoisotopic (exact) mass is 448 g/mol. The van der Waals surface area contributed by atoms with E-state index in [1.54, 1.807) is 4.88 Å². The van der Waals surface area contributed by atoms with Gasteiger partial charge in [0.1, 0.15) is 0 Å². The summed E-state index contributed by atoms with van der Waals surface area (Å²) in [5.41, 5.74) is 1.52. The number of nitrogens with one attached hydrogen (secondary N) is 1. The van der Waals surface area contributed by atoms with Crippen LogP contribution < -0.4 is 5.32 Å². The predicted octanol–water partition coefficient (Wildman–Crippen LogP) is 3.20. The van der Waals surface area contributed by atoms with Crippen LogP contribution >= 0.6 is 35.3 Å². The van der Waals surface area contributed by atoms with E-state index >= 15 is 0 Å². The van der Waals surface area contributed by atoms with Gasteiger partial charge in [0.05, 0.1) is 0 Å². The number of hydrogen-bond acceptors (Lipinski definition) is 3. The minimum absolute atomic E-state index is 0. The molecule has 0 aliphatic carbocycles. The van der Waals surface area contributed by atoms with Crippen molar-refractivity contribution in [2.24, 2.45) is 4.99 Å². The third kappa shape index (κ3) is 6.43. The SMILES string of the molecule is C=CCCCN(C)C(=NC)NCCN1CCc2sccc2C1.I. The average molecular weight is 448 g/mol. The number of aliphatic imine (C=N–C) groups is 1. The summed E-state index contributed by atoms with van der Waals surface area (Å²) in [6.07, 6.45) is 5.34. The van der Waals surface area contributed by atoms with Crippen LogP contribution in [0.4, 0.5) is 0 Å². The fourth-order valence-electron chi connectivity index (χ4n) is 2.79. The van der Waals surface area contributed by atoms with Crippen LogP contribution in [-0.4, -0.2) is 56.0 Å². The molecule has 0 saturated carbocycles. The molecule has 0 amide bonds. The van der Waals surface area contributed by atoms with Crippen molar-refractivity contribution >= 4 is 41.3 Å². The van der Waals surface area contributed by atoms with Crippen LogP contribution in [0.25, 0.3) is 0 Å². The minimum Gasteiger partial charge on any atom is -0.355 e. The smallest absolute Gasteiger partial charge is 0.193 e. The zero-order chi connectivity index (χ0) is 15.8. The standard InChI is InChI=1S/C17H28N4S.HI/c1-4-5-6-10-20(3)17(18-2)19-9-12-21-11-7-16-15(14-21)8-13-22-16;/h4,8,13H,1,5-7,9-12,14H2,2-3H3,(H,18,19);1H. The van der Waals surface area contributed by atoms with Gasteiger partial charge in [-0.2, -0.15) is 0 Å². The van der Waals surface area contributed by atoms with Crippen molar-refractivity contribution in [3.8, 4) is 0 Å². The lowest BCUT2D eigenvalue weighted by molar-refractivity contribution is 0.259. The number of thiophene rings is 1. The maximum absolute atomic E-state index is 4.37. The van der Waals surface area contributed by atoms with E-state index in [1.807, 2.05) is 24.5 Å². The highest BCUT2D eigenvalue weighted by Gasteiger charge is 2.16. The zero-order valence-corrected chi connectivity index (χ0v) is 17.4. The van der Waals surface area contributed by atoms with Gasteiger partial charge >= 0.3 is 0 Å². The summed E-state index contributed by atoms with van der Waals surface area (Å²) in [5, 5.41) is 5.69. The van der Waals surface area contributed by atoms with Crippen molar-refractivity contribution in [3.05, 3.63) is 34.5 Å². The van der Waals surface area contributed by atoms with Crippen molar-refractivity contribution in [1.82, 2.24) is 15.1 Å². The zero-order valence-electron chi connectivity index (χ0n) is 14.3. The van der Waals surface area contributed by atoms with E-state index in [1.165, 1.54) is 18.5 Å². The minimum atomic E-state index is 0. The van der Waals surface area contributed by atoms with E-state index in [9.17, 15) is 0 Å². The molecule has 0 aromatic carbocycles. The molecule has 0 fully saturated rings. The fourth-order valence-corrected chi connectivity index (χ4v) is 3.68. The van der Waals surface area contributed by atoms with E-state index in [2.05, 4.69) is 45.2 Å². The highest BCUT2D eigenvalue weighted by atomic mass is 127. The molecule has 0 unspecified atom stereocenters. The van der Waals surface area contributed by atoms with Crippen molar-refractivity contribution in [1.29, 1.82) is 0 Å². The lowest BCUT2D eigenvalue weighted by Gasteiger charge is -2.28. The molecule has 4 nitrogen and oxygen atoms in total. The van der Waals surface area contributed by atoms with Crippen LogP contribution in [0.3, 0.4) is 0 Å². The first kappa shape index (κ1) is 20.4. The average Bonchev–Trinajstić information content (AvgIpc) is 2.99. The van der Waals surface area contributed by atoms with Gasteiger partial charge in [-0.3, -0.25) is 9.89 Å². The van der Waals surface area contributed by atoms with Crippen LogP contribution in [0.2, 0.25) is 0 Å². The summed E-state index contributed by atoms with van der Waals surface area (Å²) in [7, 11) is 3.95. The van der Waals surface area contributed by atoms with Crippen LogP contribution in [-0.2, 0) is 13.0 Å². The Bertz CT molecular complexity index is 501. The molecule has 1 N–H and O–H groups in total. The van der Waals surface area contributed by atoms with Gasteiger partial charge in [-0.25, -0.2) is 0 Å². The van der Waals surface area contributed by atoms with E-state index in [-0.39, 0.29) is 24.0 Å². The van der Waals surface area contributed by atoms with Crippen LogP contribution in [0, 0.1) is 0 Å². The topological polar surface area (TPSA) is 30.9 Å². The second-order valence-corrected chi connectivity index (χ2v) is 6.72. The predicted molar refractivity (Wildman–Crippen MR) is 112 cm³/mol. The Morgan fingerprint density at radius 2 is 2.39 bits per heavy atom. The molecule has 2 rings (SSSR count). The number of unbranched alkanes of at least 4 members (excludes halogenated alkanes) is 1. The lowest BCUT2D eigenvalue weighted by atomic mass is 10.1. The normalized spacial score (nSPS) is 14.8. The summed E-state index contributed by atoms with van der Waals surface area (Å²) in [5.74, 6) is 0.984. The maximum Gasteiger partial charge on any atom is 0.193 e. The third-order valence-corrected chi connectivity index (χ3v) is 5.10. The van der Waals surface area contributed by atoms with Crippen LogP contribution in [0.1, 0.15) is 23.3 Å². The molecule has 0 atom stereocenters. The van der Waals surface area contributed by atoms with E-state index in [0.717, 1.165) is 45.0 Å². The van der Waals surface area contributed by atoms with Crippen LogP contribution in [0.5, 0.6) is 0 Å². The molecule has 130 valence electrons. The van der Waals surface area contributed by atoms with Crippen molar-refractivity contribution in [2.75, 3.05) is 40.3 Å². The molecule has 2 heterocycles. The molecular formula is C17H29IN4S. The second kappa shape index (κ2) is 11.0. The number of allylic oxidation sites excluding steroid dienone is 1. The van der Waals surface area contributed by atoms with E-state index < -0.39 is 0 Å². The Labute approximate surface area is 161 Å². The highest BCUT2D eigenvalue weighted by molar-refractivity contribution is 14.0. The molecule has 0 bridgehead atoms. The molecule has 23 heavy (non-hydrogen) atoms. The summed E-state index contributed by atoms with van der Waals surface area (Å²) < 4.78 is 0. The second-order valence-electron chi connectivity index (χ2n) is 5.72. The number of guanidine groups is 1. The van der Waals surface area contributed by atoms with Gasteiger partial charge in [0, 0.05) is 51.7 Å². The third-order valence-electron chi connectivity index (χ3n) is 4.07. The molecular weight excluding hydrogens is 419 g/mol. The Hall–Kier alpha value is -0.600. The molecule has 1 aromatic rings. The molecule has 1 aliphatic heterocycles. The Kier molecular flexibility index (Phi) is 9.81. The van der Waals surface area contributed by atoms with Crippen molar-refractivity contribution < 1.29 is 0 Å². The van der Waals surface area contributed by atoms with Gasteiger partial charge in [0.25, 0.3) is 0 Å². The number of hydrogen-bond donors (Lipinski definition) is 1. The van der Waals surface area contributed by atoms with Crippen molar-refractivity contribution in [3.63, 3.8) is 0 Å². The first-order valence-corrected chi connectivity index (χ1v) is 8.93. The van der Waals surface area contributed by atoms with Gasteiger partial charge in [-0.15, -0.1) is 41.9 Å². The molecule has 0 radical (unpaired) electrons. The van der Waals surface area contributed by atoms with Crippen molar-refractivity contribution in [2.45, 2.75) is 25.8 Å². The largest absolute Gasteiger partial charge is 0.355 e. The summed E-state index contributed by atoms with van der Waals surface area (Å²) in [4.78, 5) is 10.6. The fraction of sp³-hybridized carbons (Fsp3) is 0.588. The summed E-state index contributed by atoms with van der Waals surface area (Å²) in [6.45, 7) is 9.04. The highest BCUT2D eigenvalue weighted by Crippen LogP contribution is 2.23. The molecule has 1 aromatic heterocycles. The Morgan fingerprint density at radius 3 is 3.13 bits per heavy atom. The summed E-state index contributed by atoms with van der Waals surface area (Å²) >= 11 is 1.90. The van der Waals surface area contributed by atoms with Gasteiger partial charge in [-0.1, -0.05) is 6.08 Å². The van der Waals surface area contributed by atoms with Gasteiger partial charge in [0.2, 0.25) is 0 Å². The first-order chi connectivity index (χ1) is 10.7. The molecule has 0 spiro atoms. The molecule has 0 saturated heterocycles. The summed E-state index contributed by atoms with van der Waals surface area (Å²) in [6, 6.07) is 2.27. The molecule has 6 heteroatoms. The van der Waals surface area contributed by atoms with Gasteiger partial charge in [-0.05, 0) is 36.3 Å². The Balaban J connectivity index is 0.00000264. The maximum atomic E-state index is 4.37. The van der Waals surface area contributed by atoms with Gasteiger partial charge < -0.3 is 10.2 Å². The number of rotatable bonds is 7. The molecule has 1 aliphatic rings. The van der Waals surface area contributed by atoms with E-state index in [4.69, 9.17) is 0 Å². The first-order valence-electron chi connectivity index (χ1n) is 8.05. The number of fused-ring (bicyclic) bond motifs is 1. The van der Waals surface area contributed by atoms with Crippen LogP contribution in [0.15, 0.2) is 29.1 Å². The quantitative estimate of drug-likeness (QED) is 0.229.